The van der Waals surface area contributed by atoms with Crippen LogP contribution in [0, 0.1) is 22.7 Å². The van der Waals surface area contributed by atoms with E-state index in [1.54, 1.807) is 6.07 Å². The fourth-order valence-corrected chi connectivity index (χ4v) is 4.77. The van der Waals surface area contributed by atoms with Gasteiger partial charge in [-0.25, -0.2) is 13.4 Å². The summed E-state index contributed by atoms with van der Waals surface area (Å²) in [5.41, 5.74) is -3.85. The summed E-state index contributed by atoms with van der Waals surface area (Å²) in [5.74, 6) is 0.0902. The topological polar surface area (TPSA) is 148 Å². The second-order valence-electron chi connectivity index (χ2n) is 6.98. The number of hydrogen-bond donors (Lipinski definition) is 2. The van der Waals surface area contributed by atoms with Crippen molar-refractivity contribution in [2.75, 3.05) is 19.7 Å². The molecule has 2 heterocycles. The van der Waals surface area contributed by atoms with E-state index in [0.29, 0.717) is 22.5 Å². The summed E-state index contributed by atoms with van der Waals surface area (Å²) in [7, 11) is -4.53. The number of halogens is 3. The maximum absolute atomic E-state index is 13.1. The van der Waals surface area contributed by atoms with E-state index >= 15 is 0 Å². The van der Waals surface area contributed by atoms with Gasteiger partial charge in [-0.15, -0.1) is 0 Å². The molecule has 13 heteroatoms. The van der Waals surface area contributed by atoms with Gasteiger partial charge < -0.3 is 14.9 Å². The molecule has 0 aliphatic carbocycles. The Hall–Kier alpha value is -3.23. The third kappa shape index (κ3) is 4.37. The second-order valence-corrected chi connectivity index (χ2v) is 8.88. The maximum atomic E-state index is 13.1. The first-order valence-electron chi connectivity index (χ1n) is 8.92. The van der Waals surface area contributed by atoms with Crippen molar-refractivity contribution < 1.29 is 36.5 Å². The SMILES string of the molecule is N#Cc1ccc(O[C@H]2CN(S(=O)(=O)c3ccc(C(F)(F)F)cc3C#N)C[C@@]2(O)CO)cn1. The number of hydrogen-bond acceptors (Lipinski definition) is 8. The van der Waals surface area contributed by atoms with E-state index in [-0.39, 0.29) is 11.4 Å². The molecule has 2 N–H and O–H groups in total. The molecular formula is C19H15F3N4O5S. The number of β-amino-alcohol motifs (C(OH)–C–C–N with tert-alkyl or cyclic N) is 1. The highest BCUT2D eigenvalue weighted by Gasteiger charge is 2.51. The number of pyridine rings is 1. The number of aliphatic hydroxyl groups is 2. The minimum absolute atomic E-state index is 0.0902. The molecule has 0 spiro atoms. The van der Waals surface area contributed by atoms with Gasteiger partial charge in [-0.05, 0) is 30.3 Å². The predicted octanol–water partition coefficient (Wildman–Crippen LogP) is 1.02. The van der Waals surface area contributed by atoms with Crippen molar-refractivity contribution >= 4 is 10.0 Å². The minimum atomic E-state index is -4.77. The van der Waals surface area contributed by atoms with Gasteiger partial charge in [-0.2, -0.15) is 28.0 Å². The lowest BCUT2D eigenvalue weighted by Gasteiger charge is -2.26. The molecular weight excluding hydrogens is 453 g/mol. The molecule has 0 saturated carbocycles. The molecule has 9 nitrogen and oxygen atoms in total. The van der Waals surface area contributed by atoms with Crippen molar-refractivity contribution in [3.63, 3.8) is 0 Å². The van der Waals surface area contributed by atoms with Crippen LogP contribution in [0.2, 0.25) is 0 Å². The summed E-state index contributed by atoms with van der Waals surface area (Å²) >= 11 is 0. The lowest BCUT2D eigenvalue weighted by atomic mass is 10.0. The summed E-state index contributed by atoms with van der Waals surface area (Å²) in [6.45, 7) is -1.98. The van der Waals surface area contributed by atoms with E-state index in [1.807, 2.05) is 0 Å². The zero-order valence-corrected chi connectivity index (χ0v) is 16.9. The number of rotatable bonds is 5. The Bertz CT molecular complexity index is 1210. The van der Waals surface area contributed by atoms with E-state index in [2.05, 4.69) is 4.98 Å². The quantitative estimate of drug-likeness (QED) is 0.661. The maximum Gasteiger partial charge on any atom is 0.416 e. The van der Waals surface area contributed by atoms with Gasteiger partial charge in [0.25, 0.3) is 0 Å². The molecule has 3 rings (SSSR count). The zero-order chi connectivity index (χ0) is 23.7. The Kier molecular flexibility index (Phi) is 6.13. The van der Waals surface area contributed by atoms with Gasteiger partial charge in [0.15, 0.2) is 0 Å². The van der Waals surface area contributed by atoms with Crippen molar-refractivity contribution in [3.8, 4) is 17.9 Å². The molecule has 0 bridgehead atoms. The number of aliphatic hydroxyl groups excluding tert-OH is 1. The summed E-state index contributed by atoms with van der Waals surface area (Å²) in [6, 6.07) is 7.59. The normalized spacial score (nSPS) is 21.7. The lowest BCUT2D eigenvalue weighted by Crippen LogP contribution is -2.48. The Morgan fingerprint density at radius 1 is 1.25 bits per heavy atom. The first-order chi connectivity index (χ1) is 14.9. The van der Waals surface area contributed by atoms with Gasteiger partial charge in [-0.3, -0.25) is 0 Å². The van der Waals surface area contributed by atoms with Crippen molar-refractivity contribution in [1.82, 2.24) is 9.29 Å². The third-order valence-electron chi connectivity index (χ3n) is 4.87. The molecule has 1 aliphatic rings. The highest BCUT2D eigenvalue weighted by Crippen LogP contribution is 2.34. The number of nitriles is 2. The molecule has 0 unspecified atom stereocenters. The summed E-state index contributed by atoms with van der Waals surface area (Å²) in [4.78, 5) is 3.12. The number of sulfonamides is 1. The van der Waals surface area contributed by atoms with Crippen LogP contribution in [0.1, 0.15) is 16.8 Å². The number of ether oxygens (including phenoxy) is 1. The summed E-state index contributed by atoms with van der Waals surface area (Å²) in [6.07, 6.45) is -4.86. The molecule has 168 valence electrons. The van der Waals surface area contributed by atoms with Crippen molar-refractivity contribution in [1.29, 1.82) is 10.5 Å². The van der Waals surface area contributed by atoms with Crippen LogP contribution in [0.15, 0.2) is 41.4 Å². The monoisotopic (exact) mass is 468 g/mol. The molecule has 2 atom stereocenters. The molecule has 0 amide bonds. The largest absolute Gasteiger partial charge is 0.484 e. The van der Waals surface area contributed by atoms with Crippen molar-refractivity contribution in [2.24, 2.45) is 0 Å². The van der Waals surface area contributed by atoms with Crippen LogP contribution < -0.4 is 4.74 Å². The van der Waals surface area contributed by atoms with Gasteiger partial charge in [0.05, 0.1) is 35.4 Å². The number of nitrogens with zero attached hydrogens (tertiary/aromatic N) is 4. The molecule has 2 aromatic rings. The molecule has 1 saturated heterocycles. The molecule has 1 aromatic carbocycles. The smallest absolute Gasteiger partial charge is 0.416 e. The van der Waals surface area contributed by atoms with Crippen LogP contribution in [0.25, 0.3) is 0 Å². The van der Waals surface area contributed by atoms with E-state index in [1.165, 1.54) is 24.4 Å². The number of alkyl halides is 3. The van der Waals surface area contributed by atoms with Crippen LogP contribution in [0.5, 0.6) is 5.75 Å². The van der Waals surface area contributed by atoms with Gasteiger partial charge in [0, 0.05) is 6.54 Å². The van der Waals surface area contributed by atoms with Crippen molar-refractivity contribution in [3.05, 3.63) is 53.3 Å². The van der Waals surface area contributed by atoms with Crippen LogP contribution in [0.4, 0.5) is 13.2 Å². The number of aromatic nitrogens is 1. The second kappa shape index (κ2) is 8.37. The van der Waals surface area contributed by atoms with Crippen LogP contribution in [-0.4, -0.2) is 59.3 Å². The number of benzene rings is 1. The summed E-state index contributed by atoms with van der Waals surface area (Å²) in [5, 5.41) is 38.4. The van der Waals surface area contributed by atoms with Crippen LogP contribution in [-0.2, 0) is 16.2 Å². The third-order valence-corrected chi connectivity index (χ3v) is 6.74. The van der Waals surface area contributed by atoms with E-state index < -0.39 is 63.6 Å². The minimum Gasteiger partial charge on any atom is -0.484 e. The Morgan fingerprint density at radius 3 is 2.50 bits per heavy atom. The predicted molar refractivity (Wildman–Crippen MR) is 100 cm³/mol. The summed E-state index contributed by atoms with van der Waals surface area (Å²) < 4.78 is 71.1. The fraction of sp³-hybridized carbons (Fsp3) is 0.316. The average Bonchev–Trinajstić information content (AvgIpc) is 3.10. The molecule has 1 aliphatic heterocycles. The highest BCUT2D eigenvalue weighted by atomic mass is 32.2. The molecule has 32 heavy (non-hydrogen) atoms. The molecule has 0 radical (unpaired) electrons. The Morgan fingerprint density at radius 2 is 1.97 bits per heavy atom. The van der Waals surface area contributed by atoms with Gasteiger partial charge in [0.2, 0.25) is 10.0 Å². The average molecular weight is 468 g/mol. The molecule has 1 aromatic heterocycles. The Balaban J connectivity index is 1.92. The van der Waals surface area contributed by atoms with E-state index in [0.717, 1.165) is 0 Å². The lowest BCUT2D eigenvalue weighted by molar-refractivity contribution is -0.137. The van der Waals surface area contributed by atoms with Gasteiger partial charge >= 0.3 is 6.18 Å². The van der Waals surface area contributed by atoms with Crippen LogP contribution in [0.3, 0.4) is 0 Å². The van der Waals surface area contributed by atoms with Gasteiger partial charge in [-0.1, -0.05) is 0 Å². The molecule has 1 fully saturated rings. The standard InChI is InChI=1S/C19H15F3N4O5S/c20-19(21,22)13-1-4-16(12(5-13)6-23)32(29,30)26-9-17(18(28,10-26)11-27)31-15-3-2-14(7-24)25-8-15/h1-5,8,17,27-28H,9-11H2/t17-,18+/m0/s1. The highest BCUT2D eigenvalue weighted by molar-refractivity contribution is 7.89. The zero-order valence-electron chi connectivity index (χ0n) is 16.1. The van der Waals surface area contributed by atoms with Crippen molar-refractivity contribution in [2.45, 2.75) is 22.8 Å². The van der Waals surface area contributed by atoms with Gasteiger partial charge in [0.1, 0.15) is 35.3 Å². The van der Waals surface area contributed by atoms with E-state index in [9.17, 15) is 37.1 Å². The first kappa shape index (κ1) is 23.4. The Labute approximate surface area is 180 Å². The van der Waals surface area contributed by atoms with Crippen LogP contribution >= 0.6 is 0 Å². The first-order valence-corrected chi connectivity index (χ1v) is 10.4. The van der Waals surface area contributed by atoms with E-state index in [4.69, 9.17) is 10.00 Å². The fourth-order valence-electron chi connectivity index (χ4n) is 3.15.